The van der Waals surface area contributed by atoms with Gasteiger partial charge in [0.25, 0.3) is 0 Å². The molecule has 1 aliphatic heterocycles. The first-order chi connectivity index (χ1) is 13.5. The van der Waals surface area contributed by atoms with Crippen LogP contribution in [0.4, 0.5) is 11.6 Å². The van der Waals surface area contributed by atoms with Crippen molar-refractivity contribution in [1.82, 2.24) is 14.8 Å². The highest BCUT2D eigenvalue weighted by molar-refractivity contribution is 5.94. The van der Waals surface area contributed by atoms with Gasteiger partial charge in [-0.25, -0.2) is 4.68 Å². The molecule has 2 aromatic carbocycles. The Morgan fingerprint density at radius 2 is 1.82 bits per heavy atom. The predicted octanol–water partition coefficient (Wildman–Crippen LogP) is 4.06. The van der Waals surface area contributed by atoms with Gasteiger partial charge in [-0.3, -0.25) is 4.79 Å². The quantitative estimate of drug-likeness (QED) is 0.721. The predicted molar refractivity (Wildman–Crippen MR) is 110 cm³/mol. The van der Waals surface area contributed by atoms with Crippen LogP contribution in [0.15, 0.2) is 60.9 Å². The van der Waals surface area contributed by atoms with Crippen LogP contribution in [-0.2, 0) is 4.79 Å². The average molecular weight is 375 g/mol. The van der Waals surface area contributed by atoms with E-state index in [0.717, 1.165) is 11.3 Å². The summed E-state index contributed by atoms with van der Waals surface area (Å²) in [6.07, 6.45) is 1.53. The van der Waals surface area contributed by atoms with Gasteiger partial charge < -0.3 is 10.6 Å². The lowest BCUT2D eigenvalue weighted by atomic mass is 9.84. The van der Waals surface area contributed by atoms with Gasteiger partial charge in [0, 0.05) is 11.7 Å². The van der Waals surface area contributed by atoms with Crippen molar-refractivity contribution >= 4 is 17.5 Å². The van der Waals surface area contributed by atoms with E-state index in [1.807, 2.05) is 41.9 Å². The molecule has 2 N–H and O–H groups in total. The summed E-state index contributed by atoms with van der Waals surface area (Å²) in [6.45, 7) is 6.36. The van der Waals surface area contributed by atoms with Crippen LogP contribution in [0.25, 0.3) is 0 Å². The summed E-state index contributed by atoms with van der Waals surface area (Å²) in [5.74, 6) is 0.777. The van der Waals surface area contributed by atoms with Gasteiger partial charge in [0.15, 0.2) is 0 Å². The first-order valence-corrected chi connectivity index (χ1v) is 9.66. The molecule has 3 atom stereocenters. The Kier molecular flexibility index (Phi) is 4.86. The number of carbonyl (C=O) groups excluding carboxylic acids is 1. The Labute approximate surface area is 165 Å². The molecular weight excluding hydrogens is 350 g/mol. The highest BCUT2D eigenvalue weighted by Crippen LogP contribution is 2.36. The van der Waals surface area contributed by atoms with Crippen molar-refractivity contribution in [3.63, 3.8) is 0 Å². The molecule has 3 aromatic rings. The van der Waals surface area contributed by atoms with Gasteiger partial charge in [-0.05, 0) is 36.1 Å². The van der Waals surface area contributed by atoms with E-state index in [1.54, 1.807) is 0 Å². The molecule has 0 radical (unpaired) electrons. The summed E-state index contributed by atoms with van der Waals surface area (Å²) in [7, 11) is 0. The molecule has 6 heteroatoms. The lowest BCUT2D eigenvalue weighted by molar-refractivity contribution is -0.121. The van der Waals surface area contributed by atoms with Crippen LogP contribution in [0.2, 0.25) is 0 Å². The van der Waals surface area contributed by atoms with E-state index >= 15 is 0 Å². The number of hydrogen-bond donors (Lipinski definition) is 2. The second-order valence-corrected chi connectivity index (χ2v) is 7.61. The smallest absolute Gasteiger partial charge is 0.232 e. The summed E-state index contributed by atoms with van der Waals surface area (Å²) in [4.78, 5) is 17.6. The minimum Gasteiger partial charge on any atom is -0.351 e. The number of nitrogens with one attached hydrogen (secondary N) is 2. The Bertz CT molecular complexity index is 949. The zero-order chi connectivity index (χ0) is 19.7. The number of amides is 1. The largest absolute Gasteiger partial charge is 0.351 e. The minimum absolute atomic E-state index is 0.0368. The van der Waals surface area contributed by atoms with Crippen LogP contribution in [-0.4, -0.2) is 26.7 Å². The van der Waals surface area contributed by atoms with Crippen molar-refractivity contribution in [3.05, 3.63) is 72.1 Å². The third-order valence-corrected chi connectivity index (χ3v) is 5.36. The third kappa shape index (κ3) is 3.38. The van der Waals surface area contributed by atoms with Crippen molar-refractivity contribution in [2.24, 2.45) is 5.92 Å². The van der Waals surface area contributed by atoms with Crippen LogP contribution in [0, 0.1) is 5.92 Å². The molecular formula is C22H25N5O. The van der Waals surface area contributed by atoms with Crippen LogP contribution in [0.3, 0.4) is 0 Å². The highest BCUT2D eigenvalue weighted by atomic mass is 16.2. The van der Waals surface area contributed by atoms with Gasteiger partial charge in [0.05, 0.1) is 12.0 Å². The number of benzene rings is 2. The Hall–Kier alpha value is -3.15. The lowest BCUT2D eigenvalue weighted by Crippen LogP contribution is -2.46. The van der Waals surface area contributed by atoms with Crippen molar-refractivity contribution in [2.45, 2.75) is 38.8 Å². The van der Waals surface area contributed by atoms with Gasteiger partial charge >= 0.3 is 0 Å². The second kappa shape index (κ2) is 7.46. The molecule has 0 aliphatic carbocycles. The van der Waals surface area contributed by atoms with Crippen LogP contribution in [0.1, 0.15) is 43.9 Å². The third-order valence-electron chi connectivity index (χ3n) is 5.36. The van der Waals surface area contributed by atoms with Crippen LogP contribution in [0.5, 0.6) is 0 Å². The van der Waals surface area contributed by atoms with Crippen molar-refractivity contribution < 1.29 is 4.79 Å². The number of aromatic nitrogens is 3. The molecule has 144 valence electrons. The Morgan fingerprint density at radius 1 is 1.11 bits per heavy atom. The Morgan fingerprint density at radius 3 is 2.50 bits per heavy atom. The van der Waals surface area contributed by atoms with E-state index in [4.69, 9.17) is 0 Å². The van der Waals surface area contributed by atoms with E-state index in [1.165, 1.54) is 11.9 Å². The second-order valence-electron chi connectivity index (χ2n) is 7.61. The monoisotopic (exact) mass is 375 g/mol. The molecule has 28 heavy (non-hydrogen) atoms. The minimum atomic E-state index is -0.334. The number of hydrogen-bond acceptors (Lipinski definition) is 4. The molecule has 1 aliphatic rings. The number of para-hydroxylation sites is 1. The summed E-state index contributed by atoms with van der Waals surface area (Å²) >= 11 is 0. The lowest BCUT2D eigenvalue weighted by Gasteiger charge is -2.37. The first-order valence-electron chi connectivity index (χ1n) is 9.66. The SMILES string of the molecule is CC(C)c1ccc([C@H]2[C@H](C(=O)Nc3ccccc3)[C@@H](C)Nc3ncnn32)cc1. The molecule has 0 spiro atoms. The van der Waals surface area contributed by atoms with E-state index < -0.39 is 0 Å². The molecule has 0 fully saturated rings. The number of fused-ring (bicyclic) bond motifs is 1. The molecule has 4 rings (SSSR count). The molecule has 0 unspecified atom stereocenters. The summed E-state index contributed by atoms with van der Waals surface area (Å²) in [5, 5.41) is 10.8. The number of carbonyl (C=O) groups is 1. The van der Waals surface area contributed by atoms with Crippen molar-refractivity contribution in [2.75, 3.05) is 10.6 Å². The summed E-state index contributed by atoms with van der Waals surface area (Å²) in [6, 6.07) is 17.7. The molecule has 0 saturated heterocycles. The maximum absolute atomic E-state index is 13.3. The zero-order valence-corrected chi connectivity index (χ0v) is 16.3. The fraction of sp³-hybridized carbons (Fsp3) is 0.318. The molecule has 1 amide bonds. The number of anilines is 2. The number of nitrogens with zero attached hydrogens (tertiary/aromatic N) is 3. The van der Waals surface area contributed by atoms with Crippen LogP contribution < -0.4 is 10.6 Å². The van der Waals surface area contributed by atoms with E-state index in [0.29, 0.717) is 11.9 Å². The van der Waals surface area contributed by atoms with Gasteiger partial charge in [-0.1, -0.05) is 56.3 Å². The summed E-state index contributed by atoms with van der Waals surface area (Å²) in [5.41, 5.74) is 3.12. The maximum atomic E-state index is 13.3. The molecule has 6 nitrogen and oxygen atoms in total. The zero-order valence-electron chi connectivity index (χ0n) is 16.3. The van der Waals surface area contributed by atoms with Gasteiger partial charge in [0.2, 0.25) is 11.9 Å². The maximum Gasteiger partial charge on any atom is 0.232 e. The molecule has 0 bridgehead atoms. The fourth-order valence-electron chi connectivity index (χ4n) is 3.82. The van der Waals surface area contributed by atoms with Crippen LogP contribution >= 0.6 is 0 Å². The topological polar surface area (TPSA) is 71.8 Å². The average Bonchev–Trinajstić information content (AvgIpc) is 3.15. The van der Waals surface area contributed by atoms with Crippen molar-refractivity contribution in [1.29, 1.82) is 0 Å². The molecule has 2 heterocycles. The van der Waals surface area contributed by atoms with Gasteiger partial charge in [-0.15, -0.1) is 0 Å². The number of rotatable bonds is 4. The normalized spacial score (nSPS) is 21.1. The van der Waals surface area contributed by atoms with E-state index in [9.17, 15) is 4.79 Å². The van der Waals surface area contributed by atoms with Gasteiger partial charge in [-0.2, -0.15) is 10.1 Å². The Balaban J connectivity index is 1.71. The van der Waals surface area contributed by atoms with Crippen molar-refractivity contribution in [3.8, 4) is 0 Å². The first kappa shape index (κ1) is 18.2. The molecule has 0 saturated carbocycles. The molecule has 1 aromatic heterocycles. The highest BCUT2D eigenvalue weighted by Gasteiger charge is 2.41. The van der Waals surface area contributed by atoms with E-state index in [2.05, 4.69) is 58.8 Å². The van der Waals surface area contributed by atoms with E-state index in [-0.39, 0.29) is 23.9 Å². The standard InChI is InChI=1S/C22H25N5O/c1-14(2)16-9-11-17(12-10-16)20-19(15(3)25-22-23-13-24-27(20)22)21(28)26-18-7-5-4-6-8-18/h4-15,19-20H,1-3H3,(H,26,28)(H,23,24,25)/t15-,19-,20+/m1/s1. The van der Waals surface area contributed by atoms with Gasteiger partial charge in [0.1, 0.15) is 6.33 Å². The summed E-state index contributed by atoms with van der Waals surface area (Å²) < 4.78 is 1.82. The fourth-order valence-corrected chi connectivity index (χ4v) is 3.82.